The van der Waals surface area contributed by atoms with Gasteiger partial charge in [0.1, 0.15) is 22.5 Å². The van der Waals surface area contributed by atoms with Crippen LogP contribution in [0.3, 0.4) is 0 Å². The number of halogens is 1. The van der Waals surface area contributed by atoms with Crippen LogP contribution in [0.4, 0.5) is 4.79 Å². The van der Waals surface area contributed by atoms with E-state index < -0.39 is 74.6 Å². The summed E-state index contributed by atoms with van der Waals surface area (Å²) in [5.41, 5.74) is -1.51. The number of carbonyl (C=O) groups is 5. The van der Waals surface area contributed by atoms with E-state index in [9.17, 15) is 32.4 Å². The lowest BCUT2D eigenvalue weighted by atomic mass is 10.0. The molecule has 4 N–H and O–H groups in total. The lowest BCUT2D eigenvalue weighted by Gasteiger charge is -2.30. The van der Waals surface area contributed by atoms with Crippen LogP contribution in [-0.4, -0.2) is 85.1 Å². The van der Waals surface area contributed by atoms with Gasteiger partial charge in [-0.25, -0.2) is 13.2 Å². The number of nitrogens with one attached hydrogen (secondary N) is 4. The number of allylic oxidation sites excluding steroid dienone is 1. The molecule has 0 radical (unpaired) electrons. The fraction of sp³-hybridized carbons (Fsp3) is 0.571. The highest BCUT2D eigenvalue weighted by Gasteiger charge is 2.62. The Morgan fingerprint density at radius 3 is 2.57 bits per heavy atom. The monoisotopic (exact) mass is 759 g/mol. The van der Waals surface area contributed by atoms with Crippen LogP contribution in [0.15, 0.2) is 36.4 Å². The van der Waals surface area contributed by atoms with Crippen molar-refractivity contribution in [3.05, 3.63) is 46.3 Å². The molecule has 5 aliphatic rings. The molecular formula is C35H42ClN5O8S2. The molecule has 13 nitrogen and oxygen atoms in total. The van der Waals surface area contributed by atoms with Crippen molar-refractivity contribution in [2.75, 3.05) is 13.2 Å². The van der Waals surface area contributed by atoms with Crippen LogP contribution < -0.4 is 20.7 Å². The second-order valence-electron chi connectivity index (χ2n) is 14.4. The van der Waals surface area contributed by atoms with Gasteiger partial charge in [0, 0.05) is 28.6 Å². The summed E-state index contributed by atoms with van der Waals surface area (Å²) in [5.74, 6) is -2.53. The minimum atomic E-state index is -3.89. The standard InChI is InChI=1S/C35H42ClN5O8S2/c36-28-24-9-6-7-11-27(24)50-29(28)31(43)37-22-16-26-30(42)39-35(33(45)40-51(47,48)23-14-15-23)17-21(35)8-4-2-1-3-5-10-25(32(44)41(26)18-22)38-34(46)49-19-20-12-13-20/h4,6-9,11,20-23,25-26H,1-3,5,10,12-19H2,(H,37,43)(H,38,46)(H,39,42)(H,40,45)/b8-4-/t21-,22+,25-,26-,35+/m0/s1. The van der Waals surface area contributed by atoms with E-state index in [1.54, 1.807) is 0 Å². The Balaban J connectivity index is 1.15. The van der Waals surface area contributed by atoms with Gasteiger partial charge >= 0.3 is 6.09 Å². The summed E-state index contributed by atoms with van der Waals surface area (Å²) in [4.78, 5) is 70.2. The molecule has 3 aliphatic carbocycles. The molecule has 3 heterocycles. The zero-order valence-corrected chi connectivity index (χ0v) is 30.4. The number of amides is 5. The summed E-state index contributed by atoms with van der Waals surface area (Å²) < 4.78 is 33.9. The number of thiophene rings is 1. The Kier molecular flexibility index (Phi) is 10.1. The van der Waals surface area contributed by atoms with Crippen LogP contribution in [0.2, 0.25) is 5.02 Å². The molecule has 16 heteroatoms. The van der Waals surface area contributed by atoms with E-state index in [-0.39, 0.29) is 26.0 Å². The number of nitrogens with zero attached hydrogens (tertiary/aromatic N) is 1. The second-order valence-corrected chi connectivity index (χ2v) is 17.8. The number of hydrogen-bond donors (Lipinski definition) is 4. The van der Waals surface area contributed by atoms with E-state index in [2.05, 4.69) is 20.7 Å². The number of fused-ring (bicyclic) bond motifs is 3. The van der Waals surface area contributed by atoms with Gasteiger partial charge in [-0.3, -0.25) is 23.9 Å². The highest BCUT2D eigenvalue weighted by Crippen LogP contribution is 2.46. The average molecular weight is 760 g/mol. The molecule has 274 valence electrons. The maximum absolute atomic E-state index is 14.3. The molecule has 4 fully saturated rings. The number of ether oxygens (including phenoxy) is 1. The van der Waals surface area contributed by atoms with Crippen LogP contribution in [0.1, 0.15) is 80.3 Å². The zero-order valence-electron chi connectivity index (χ0n) is 28.0. The average Bonchev–Trinajstić information content (AvgIpc) is 4.02. The van der Waals surface area contributed by atoms with Gasteiger partial charge in [0.05, 0.1) is 16.9 Å². The van der Waals surface area contributed by atoms with Gasteiger partial charge in [0.2, 0.25) is 21.8 Å². The summed E-state index contributed by atoms with van der Waals surface area (Å²) >= 11 is 7.83. The van der Waals surface area contributed by atoms with Gasteiger partial charge < -0.3 is 25.6 Å². The third kappa shape index (κ3) is 7.90. The van der Waals surface area contributed by atoms with Crippen LogP contribution >= 0.6 is 22.9 Å². The fourth-order valence-electron chi connectivity index (χ4n) is 6.98. The zero-order chi connectivity index (χ0) is 35.9. The smallest absolute Gasteiger partial charge is 0.407 e. The Hall–Kier alpha value is -3.69. The maximum atomic E-state index is 14.3. The molecule has 2 aromatic rings. The molecule has 1 aromatic carbocycles. The first kappa shape index (κ1) is 35.7. The van der Waals surface area contributed by atoms with Crippen molar-refractivity contribution in [3.63, 3.8) is 0 Å². The molecule has 1 aromatic heterocycles. The van der Waals surface area contributed by atoms with Crippen LogP contribution in [-0.2, 0) is 29.1 Å². The third-order valence-electron chi connectivity index (χ3n) is 10.4. The first-order chi connectivity index (χ1) is 24.4. The molecule has 5 amide bonds. The summed E-state index contributed by atoms with van der Waals surface area (Å²) in [6.45, 7) is 0.225. The first-order valence-corrected chi connectivity index (χ1v) is 20.5. The molecule has 0 spiro atoms. The molecule has 7 rings (SSSR count). The fourth-order valence-corrected chi connectivity index (χ4v) is 9.76. The Morgan fingerprint density at radius 1 is 1.04 bits per heavy atom. The summed E-state index contributed by atoms with van der Waals surface area (Å²) in [5, 5.41) is 8.93. The predicted molar refractivity (Wildman–Crippen MR) is 190 cm³/mol. The summed E-state index contributed by atoms with van der Waals surface area (Å²) in [6.07, 6.45) is 9.37. The Morgan fingerprint density at radius 2 is 1.82 bits per heavy atom. The number of sulfonamides is 1. The largest absolute Gasteiger partial charge is 0.449 e. The van der Waals surface area contributed by atoms with Gasteiger partial charge in [-0.15, -0.1) is 11.3 Å². The quantitative estimate of drug-likeness (QED) is 0.294. The molecule has 1 saturated heterocycles. The molecule has 0 bridgehead atoms. The molecule has 0 unspecified atom stereocenters. The topological polar surface area (TPSA) is 180 Å². The van der Waals surface area contributed by atoms with E-state index in [1.165, 1.54) is 16.2 Å². The highest BCUT2D eigenvalue weighted by molar-refractivity contribution is 7.91. The van der Waals surface area contributed by atoms with Crippen molar-refractivity contribution < 1.29 is 37.1 Å². The number of alkyl carbamates (subject to hydrolysis) is 1. The van der Waals surface area contributed by atoms with E-state index in [1.807, 2.05) is 36.4 Å². The van der Waals surface area contributed by atoms with E-state index in [4.69, 9.17) is 16.3 Å². The van der Waals surface area contributed by atoms with Crippen LogP contribution in [0, 0.1) is 11.8 Å². The highest BCUT2D eigenvalue weighted by atomic mass is 35.5. The number of rotatable bonds is 8. The van der Waals surface area contributed by atoms with Crippen molar-refractivity contribution in [3.8, 4) is 0 Å². The Bertz CT molecular complexity index is 1880. The van der Waals surface area contributed by atoms with E-state index in [0.29, 0.717) is 47.9 Å². The minimum Gasteiger partial charge on any atom is -0.449 e. The van der Waals surface area contributed by atoms with Crippen molar-refractivity contribution in [2.24, 2.45) is 11.8 Å². The Labute approximate surface area is 305 Å². The molecule has 5 atom stereocenters. The maximum Gasteiger partial charge on any atom is 0.407 e. The van der Waals surface area contributed by atoms with Crippen molar-refractivity contribution in [1.82, 2.24) is 25.6 Å². The van der Waals surface area contributed by atoms with Crippen molar-refractivity contribution >= 4 is 72.8 Å². The van der Waals surface area contributed by atoms with Crippen molar-refractivity contribution in [1.29, 1.82) is 0 Å². The number of hydrogen-bond acceptors (Lipinski definition) is 9. The minimum absolute atomic E-state index is 0.0171. The SMILES string of the molecule is O=C(N[C@H]1CCCCC/C=C\[C@H]2C[C@@]2(C(=O)NS(=O)(=O)C2CC2)NC(=O)[C@@H]2C[C@@H](NC(=O)c3sc4ccccc4c3Cl)CN2C1=O)OCC1CC1. The molecule has 51 heavy (non-hydrogen) atoms. The van der Waals surface area contributed by atoms with Crippen molar-refractivity contribution in [2.45, 2.75) is 99.5 Å². The third-order valence-corrected chi connectivity index (χ3v) is 13.9. The number of benzene rings is 1. The second kappa shape index (κ2) is 14.4. The van der Waals surface area contributed by atoms with E-state index in [0.717, 1.165) is 35.8 Å². The number of carbonyl (C=O) groups excluding carboxylic acids is 5. The van der Waals surface area contributed by atoms with Gasteiger partial charge in [-0.05, 0) is 69.8 Å². The molecule has 2 aliphatic heterocycles. The molecule has 3 saturated carbocycles. The van der Waals surface area contributed by atoms with Crippen LogP contribution in [0.5, 0.6) is 0 Å². The molecular weight excluding hydrogens is 718 g/mol. The van der Waals surface area contributed by atoms with Gasteiger partial charge in [0.25, 0.3) is 11.8 Å². The first-order valence-electron chi connectivity index (χ1n) is 17.7. The van der Waals surface area contributed by atoms with Gasteiger partial charge in [-0.2, -0.15) is 0 Å². The lowest BCUT2D eigenvalue weighted by molar-refractivity contribution is -0.141. The van der Waals surface area contributed by atoms with Crippen LogP contribution in [0.25, 0.3) is 10.1 Å². The summed E-state index contributed by atoms with van der Waals surface area (Å²) in [7, 11) is -3.89. The van der Waals surface area contributed by atoms with Gasteiger partial charge in [-0.1, -0.05) is 54.8 Å². The van der Waals surface area contributed by atoms with Gasteiger partial charge in [0.15, 0.2) is 0 Å². The normalized spacial score (nSPS) is 29.1. The lowest BCUT2D eigenvalue weighted by Crippen LogP contribution is -2.58. The summed E-state index contributed by atoms with van der Waals surface area (Å²) in [6, 6.07) is 4.57. The van der Waals surface area contributed by atoms with E-state index >= 15 is 0 Å². The predicted octanol–water partition coefficient (Wildman–Crippen LogP) is 3.76.